The lowest BCUT2D eigenvalue weighted by Gasteiger charge is -2.32. The molecule has 4 nitrogen and oxygen atoms in total. The van der Waals surface area contributed by atoms with E-state index in [-0.39, 0.29) is 11.8 Å². The summed E-state index contributed by atoms with van der Waals surface area (Å²) in [6, 6.07) is 4.08. The summed E-state index contributed by atoms with van der Waals surface area (Å²) >= 11 is 0. The van der Waals surface area contributed by atoms with E-state index in [1.54, 1.807) is 4.90 Å². The molecule has 7 heteroatoms. The highest BCUT2D eigenvalue weighted by Gasteiger charge is 2.35. The monoisotopic (exact) mass is 330 g/mol. The predicted molar refractivity (Wildman–Crippen MR) is 81.0 cm³/mol. The zero-order valence-electron chi connectivity index (χ0n) is 12.9. The third-order valence-corrected chi connectivity index (χ3v) is 4.22. The second-order valence-corrected chi connectivity index (χ2v) is 5.84. The fourth-order valence-corrected chi connectivity index (χ4v) is 3.00. The van der Waals surface area contributed by atoms with Crippen molar-refractivity contribution in [3.63, 3.8) is 0 Å². The molecule has 0 atom stereocenters. The molecule has 2 saturated heterocycles. The molecule has 3 rings (SSSR count). The Morgan fingerprint density at radius 1 is 1.13 bits per heavy atom. The maximum atomic E-state index is 13.3. The molecular formula is C16H21F3N2O2. The van der Waals surface area contributed by atoms with Crippen LogP contribution in [0.5, 0.6) is 5.75 Å². The summed E-state index contributed by atoms with van der Waals surface area (Å²) in [4.78, 5) is 1.72. The minimum absolute atomic E-state index is 0.0607. The Morgan fingerprint density at radius 3 is 2.48 bits per heavy atom. The summed E-state index contributed by atoms with van der Waals surface area (Å²) in [5.41, 5.74) is -0.427. The fourth-order valence-electron chi connectivity index (χ4n) is 3.00. The van der Waals surface area contributed by atoms with Gasteiger partial charge in [0.05, 0.1) is 24.5 Å². The number of hydrogen-bond donors (Lipinski definition) is 1. The van der Waals surface area contributed by atoms with Gasteiger partial charge in [0, 0.05) is 19.2 Å². The first-order valence-electron chi connectivity index (χ1n) is 7.95. The minimum atomic E-state index is -4.37. The van der Waals surface area contributed by atoms with E-state index in [1.807, 2.05) is 0 Å². The van der Waals surface area contributed by atoms with Gasteiger partial charge in [-0.1, -0.05) is 0 Å². The highest BCUT2D eigenvalue weighted by atomic mass is 19.4. The van der Waals surface area contributed by atoms with Crippen LogP contribution in [0.15, 0.2) is 18.2 Å². The molecule has 0 aliphatic carbocycles. The fraction of sp³-hybridized carbons (Fsp3) is 0.625. The summed E-state index contributed by atoms with van der Waals surface area (Å²) < 4.78 is 51.0. The number of halogens is 3. The van der Waals surface area contributed by atoms with Gasteiger partial charge in [-0.25, -0.2) is 0 Å². The van der Waals surface area contributed by atoms with Crippen molar-refractivity contribution < 1.29 is 22.6 Å². The Labute approximate surface area is 133 Å². The first kappa shape index (κ1) is 16.4. The highest BCUT2D eigenvalue weighted by molar-refractivity contribution is 5.58. The van der Waals surface area contributed by atoms with Crippen molar-refractivity contribution in [2.75, 3.05) is 44.3 Å². The van der Waals surface area contributed by atoms with Crippen molar-refractivity contribution in [1.82, 2.24) is 5.32 Å². The molecule has 0 amide bonds. The van der Waals surface area contributed by atoms with E-state index < -0.39 is 11.7 Å². The summed E-state index contributed by atoms with van der Waals surface area (Å²) in [5.74, 6) is 0.506. The van der Waals surface area contributed by atoms with Crippen LogP contribution < -0.4 is 15.0 Å². The molecule has 0 radical (unpaired) electrons. The summed E-state index contributed by atoms with van der Waals surface area (Å²) in [5, 5.41) is 3.24. The van der Waals surface area contributed by atoms with E-state index in [9.17, 15) is 13.2 Å². The van der Waals surface area contributed by atoms with Crippen molar-refractivity contribution in [2.24, 2.45) is 0 Å². The second kappa shape index (κ2) is 6.97. The number of anilines is 1. The number of nitrogens with one attached hydrogen (secondary N) is 1. The van der Waals surface area contributed by atoms with Gasteiger partial charge in [-0.15, -0.1) is 0 Å². The van der Waals surface area contributed by atoms with Gasteiger partial charge in [0.15, 0.2) is 0 Å². The Bertz CT molecular complexity index is 525. The van der Waals surface area contributed by atoms with Gasteiger partial charge in [-0.05, 0) is 38.1 Å². The van der Waals surface area contributed by atoms with Crippen molar-refractivity contribution in [1.29, 1.82) is 0 Å². The molecule has 0 saturated carbocycles. The van der Waals surface area contributed by atoms with E-state index >= 15 is 0 Å². The van der Waals surface area contributed by atoms with Crippen LogP contribution in [0.3, 0.4) is 0 Å². The number of ether oxygens (including phenoxy) is 2. The highest BCUT2D eigenvalue weighted by Crippen LogP contribution is 2.39. The lowest BCUT2D eigenvalue weighted by atomic mass is 10.1. The molecule has 0 unspecified atom stereocenters. The van der Waals surface area contributed by atoms with Crippen LogP contribution in [0.2, 0.25) is 0 Å². The average molecular weight is 330 g/mol. The van der Waals surface area contributed by atoms with Crippen molar-refractivity contribution >= 4 is 5.69 Å². The van der Waals surface area contributed by atoms with Crippen molar-refractivity contribution in [2.45, 2.75) is 25.1 Å². The minimum Gasteiger partial charge on any atom is -0.490 e. The number of piperidine rings is 1. The average Bonchev–Trinajstić information content (AvgIpc) is 2.55. The molecule has 2 fully saturated rings. The first-order valence-corrected chi connectivity index (χ1v) is 7.95. The van der Waals surface area contributed by atoms with Crippen LogP contribution in [-0.2, 0) is 10.9 Å². The molecule has 23 heavy (non-hydrogen) atoms. The van der Waals surface area contributed by atoms with Crippen LogP contribution in [0, 0.1) is 0 Å². The SMILES string of the molecule is FC(F)(F)c1ccc(OC2CCNCC2)cc1N1CCOCC1. The molecule has 2 aliphatic rings. The second-order valence-electron chi connectivity index (χ2n) is 5.84. The van der Waals surface area contributed by atoms with E-state index in [0.717, 1.165) is 32.0 Å². The normalized spacial score (nSPS) is 20.6. The molecule has 0 aromatic heterocycles. The van der Waals surface area contributed by atoms with Crippen LogP contribution in [0.1, 0.15) is 18.4 Å². The maximum absolute atomic E-state index is 13.3. The van der Waals surface area contributed by atoms with Crippen LogP contribution >= 0.6 is 0 Å². The van der Waals surface area contributed by atoms with Crippen LogP contribution in [0.4, 0.5) is 18.9 Å². The van der Waals surface area contributed by atoms with Crippen molar-refractivity contribution in [3.05, 3.63) is 23.8 Å². The van der Waals surface area contributed by atoms with Crippen LogP contribution in [-0.4, -0.2) is 45.5 Å². The molecule has 128 valence electrons. The van der Waals surface area contributed by atoms with Gasteiger partial charge in [-0.2, -0.15) is 13.2 Å². The van der Waals surface area contributed by atoms with E-state index in [0.29, 0.717) is 32.1 Å². The summed E-state index contributed by atoms with van der Waals surface area (Å²) in [6.07, 6.45) is -2.58. The van der Waals surface area contributed by atoms with Gasteiger partial charge < -0.3 is 19.7 Å². The molecule has 1 aromatic rings. The Kier molecular flexibility index (Phi) is 4.96. The maximum Gasteiger partial charge on any atom is 0.418 e. The number of benzene rings is 1. The third kappa shape index (κ3) is 4.09. The lowest BCUT2D eigenvalue weighted by Crippen LogP contribution is -2.37. The van der Waals surface area contributed by atoms with Crippen LogP contribution in [0.25, 0.3) is 0 Å². The van der Waals surface area contributed by atoms with Gasteiger partial charge in [0.2, 0.25) is 0 Å². The number of hydrogen-bond acceptors (Lipinski definition) is 4. The quantitative estimate of drug-likeness (QED) is 0.924. The van der Waals surface area contributed by atoms with Gasteiger partial charge in [-0.3, -0.25) is 0 Å². The molecular weight excluding hydrogens is 309 g/mol. The van der Waals surface area contributed by atoms with Gasteiger partial charge in [0.25, 0.3) is 0 Å². The predicted octanol–water partition coefficient (Wildman–Crippen LogP) is 2.67. The molecule has 0 spiro atoms. The number of rotatable bonds is 3. The summed E-state index contributed by atoms with van der Waals surface area (Å²) in [6.45, 7) is 3.55. The van der Waals surface area contributed by atoms with Crippen molar-refractivity contribution in [3.8, 4) is 5.75 Å². The standard InChI is InChI=1S/C16H21F3N2O2/c17-16(18,19)14-2-1-13(23-12-3-5-20-6-4-12)11-15(14)21-7-9-22-10-8-21/h1-2,11-12,20H,3-10H2. The molecule has 1 aromatic carbocycles. The lowest BCUT2D eigenvalue weighted by molar-refractivity contribution is -0.137. The van der Waals surface area contributed by atoms with Gasteiger partial charge >= 0.3 is 6.18 Å². The topological polar surface area (TPSA) is 33.7 Å². The smallest absolute Gasteiger partial charge is 0.418 e. The molecule has 1 N–H and O–H groups in total. The van der Waals surface area contributed by atoms with Gasteiger partial charge in [0.1, 0.15) is 11.9 Å². The zero-order valence-corrected chi connectivity index (χ0v) is 12.9. The number of alkyl halides is 3. The Hall–Kier alpha value is -1.47. The molecule has 2 aliphatic heterocycles. The number of morpholine rings is 1. The Balaban J connectivity index is 1.84. The van der Waals surface area contributed by atoms with E-state index in [4.69, 9.17) is 9.47 Å². The number of nitrogens with zero attached hydrogens (tertiary/aromatic N) is 1. The van der Waals surface area contributed by atoms with E-state index in [1.165, 1.54) is 12.1 Å². The summed E-state index contributed by atoms with van der Waals surface area (Å²) in [7, 11) is 0. The third-order valence-electron chi connectivity index (χ3n) is 4.22. The first-order chi connectivity index (χ1) is 11.0. The van der Waals surface area contributed by atoms with E-state index in [2.05, 4.69) is 5.32 Å². The molecule has 2 heterocycles. The molecule has 0 bridgehead atoms. The zero-order chi connectivity index (χ0) is 16.3. The largest absolute Gasteiger partial charge is 0.490 e. The Morgan fingerprint density at radius 2 is 1.83 bits per heavy atom.